The summed E-state index contributed by atoms with van der Waals surface area (Å²) in [6.45, 7) is 11.9. The number of nitrogens with zero attached hydrogens (tertiary/aromatic N) is 2. The molecule has 118 valence electrons. The van der Waals surface area contributed by atoms with E-state index in [9.17, 15) is 0 Å². The van der Waals surface area contributed by atoms with Crippen LogP contribution in [0.3, 0.4) is 0 Å². The van der Waals surface area contributed by atoms with Crippen molar-refractivity contribution in [3.05, 3.63) is 22.8 Å². The molecule has 2 heterocycles. The Morgan fingerprint density at radius 3 is 2.76 bits per heavy atom. The van der Waals surface area contributed by atoms with Crippen LogP contribution in [0.2, 0.25) is 5.02 Å². The zero-order valence-corrected chi connectivity index (χ0v) is 14.5. The molecule has 1 aromatic heterocycles. The predicted molar refractivity (Wildman–Crippen MR) is 91.1 cm³/mol. The van der Waals surface area contributed by atoms with Crippen molar-refractivity contribution in [3.63, 3.8) is 0 Å². The minimum atomic E-state index is 0.436. The van der Waals surface area contributed by atoms with Crippen molar-refractivity contribution in [3.8, 4) is 0 Å². The van der Waals surface area contributed by atoms with Gasteiger partial charge in [0.1, 0.15) is 5.82 Å². The monoisotopic (exact) mass is 309 g/mol. The van der Waals surface area contributed by atoms with E-state index in [2.05, 4.69) is 44.0 Å². The molecule has 0 unspecified atom stereocenters. The van der Waals surface area contributed by atoms with Crippen LogP contribution in [0.25, 0.3) is 0 Å². The predicted octanol–water partition coefficient (Wildman–Crippen LogP) is 4.25. The van der Waals surface area contributed by atoms with Gasteiger partial charge in [-0.1, -0.05) is 39.3 Å². The molecule has 0 amide bonds. The number of rotatable bonds is 4. The van der Waals surface area contributed by atoms with Crippen molar-refractivity contribution in [1.29, 1.82) is 0 Å². The number of halogens is 1. The van der Waals surface area contributed by atoms with Crippen molar-refractivity contribution in [2.75, 3.05) is 18.0 Å². The number of pyridine rings is 1. The Hall–Kier alpha value is -0.800. The summed E-state index contributed by atoms with van der Waals surface area (Å²) < 4.78 is 0. The third-order valence-corrected chi connectivity index (χ3v) is 4.59. The molecule has 1 aliphatic rings. The second kappa shape index (κ2) is 6.97. The Labute approximate surface area is 134 Å². The number of aromatic nitrogens is 1. The Bertz CT molecular complexity index is 471. The lowest BCUT2D eigenvalue weighted by Crippen LogP contribution is -2.27. The fourth-order valence-corrected chi connectivity index (χ4v) is 2.90. The topological polar surface area (TPSA) is 28.2 Å². The smallest absolute Gasteiger partial charge is 0.128 e. The third-order valence-electron chi connectivity index (χ3n) is 4.25. The van der Waals surface area contributed by atoms with Crippen LogP contribution in [0.4, 0.5) is 5.82 Å². The molecule has 1 aliphatic heterocycles. The maximum absolute atomic E-state index is 6.28. The molecule has 4 heteroatoms. The first-order valence-electron chi connectivity index (χ1n) is 8.01. The van der Waals surface area contributed by atoms with Gasteiger partial charge >= 0.3 is 0 Å². The molecule has 1 N–H and O–H groups in total. The van der Waals surface area contributed by atoms with Gasteiger partial charge in [-0.3, -0.25) is 0 Å². The summed E-state index contributed by atoms with van der Waals surface area (Å²) in [5, 5.41) is 4.14. The first-order valence-corrected chi connectivity index (χ1v) is 8.39. The van der Waals surface area contributed by atoms with Crippen molar-refractivity contribution < 1.29 is 0 Å². The lowest BCUT2D eigenvalue weighted by atomic mass is 9.85. The van der Waals surface area contributed by atoms with E-state index in [1.165, 1.54) is 19.3 Å². The molecule has 1 saturated heterocycles. The first kappa shape index (κ1) is 16.6. The van der Waals surface area contributed by atoms with E-state index >= 15 is 0 Å². The highest BCUT2D eigenvalue weighted by atomic mass is 35.5. The van der Waals surface area contributed by atoms with Gasteiger partial charge in [0, 0.05) is 25.7 Å². The highest BCUT2D eigenvalue weighted by molar-refractivity contribution is 6.31. The molecular weight excluding hydrogens is 282 g/mol. The van der Waals surface area contributed by atoms with Gasteiger partial charge in [-0.05, 0) is 36.8 Å². The Kier molecular flexibility index (Phi) is 5.50. The van der Waals surface area contributed by atoms with E-state index in [4.69, 9.17) is 16.6 Å². The molecule has 0 bridgehead atoms. The Morgan fingerprint density at radius 1 is 1.29 bits per heavy atom. The highest BCUT2D eigenvalue weighted by Crippen LogP contribution is 2.31. The molecule has 1 aromatic rings. The zero-order valence-electron chi connectivity index (χ0n) is 13.7. The lowest BCUT2D eigenvalue weighted by Gasteiger charge is -2.24. The average molecular weight is 310 g/mol. The quantitative estimate of drug-likeness (QED) is 0.901. The molecule has 0 aromatic carbocycles. The molecular formula is C17H28ClN3. The molecule has 0 saturated carbocycles. The van der Waals surface area contributed by atoms with E-state index in [-0.39, 0.29) is 0 Å². The van der Waals surface area contributed by atoms with Crippen molar-refractivity contribution in [2.24, 2.45) is 5.41 Å². The molecule has 0 radical (unpaired) electrons. The van der Waals surface area contributed by atoms with E-state index in [0.29, 0.717) is 11.5 Å². The Balaban J connectivity index is 2.10. The van der Waals surface area contributed by atoms with Crippen LogP contribution in [-0.4, -0.2) is 24.1 Å². The maximum Gasteiger partial charge on any atom is 0.128 e. The van der Waals surface area contributed by atoms with Crippen LogP contribution in [0, 0.1) is 5.41 Å². The molecule has 1 fully saturated rings. The van der Waals surface area contributed by atoms with Gasteiger partial charge in [-0.25, -0.2) is 4.98 Å². The second-order valence-corrected chi connectivity index (χ2v) is 7.55. The molecule has 0 spiro atoms. The largest absolute Gasteiger partial charge is 0.357 e. The van der Waals surface area contributed by atoms with Crippen LogP contribution in [0.5, 0.6) is 0 Å². The molecule has 0 aliphatic carbocycles. The molecule has 3 nitrogen and oxygen atoms in total. The van der Waals surface area contributed by atoms with E-state index < -0.39 is 0 Å². The van der Waals surface area contributed by atoms with Crippen molar-refractivity contribution in [1.82, 2.24) is 10.3 Å². The van der Waals surface area contributed by atoms with Crippen LogP contribution in [0.15, 0.2) is 12.1 Å². The van der Waals surface area contributed by atoms with E-state index in [0.717, 1.165) is 36.2 Å². The van der Waals surface area contributed by atoms with E-state index in [1.54, 1.807) is 0 Å². The fourth-order valence-electron chi connectivity index (χ4n) is 2.73. The Morgan fingerprint density at radius 2 is 2.05 bits per heavy atom. The van der Waals surface area contributed by atoms with E-state index in [1.807, 2.05) is 6.07 Å². The van der Waals surface area contributed by atoms with Gasteiger partial charge in [0.05, 0.1) is 10.7 Å². The maximum atomic E-state index is 6.28. The SMILES string of the molecule is CC(C)NCc1nc(N2CCCC(C)(C)CC2)ccc1Cl. The van der Waals surface area contributed by atoms with Crippen LogP contribution >= 0.6 is 11.6 Å². The summed E-state index contributed by atoms with van der Waals surface area (Å²) in [6, 6.07) is 4.47. The lowest BCUT2D eigenvalue weighted by molar-refractivity contribution is 0.325. The minimum Gasteiger partial charge on any atom is -0.357 e. The summed E-state index contributed by atoms with van der Waals surface area (Å²) in [5.74, 6) is 1.07. The zero-order chi connectivity index (χ0) is 15.5. The minimum absolute atomic E-state index is 0.436. The normalized spacial score (nSPS) is 18.9. The summed E-state index contributed by atoms with van der Waals surface area (Å²) in [4.78, 5) is 7.20. The van der Waals surface area contributed by atoms with Crippen molar-refractivity contribution >= 4 is 17.4 Å². The van der Waals surface area contributed by atoms with Gasteiger partial charge in [-0.2, -0.15) is 0 Å². The van der Waals surface area contributed by atoms with Gasteiger partial charge in [0.25, 0.3) is 0 Å². The number of anilines is 1. The molecule has 21 heavy (non-hydrogen) atoms. The van der Waals surface area contributed by atoms with Crippen LogP contribution < -0.4 is 10.2 Å². The highest BCUT2D eigenvalue weighted by Gasteiger charge is 2.23. The summed E-state index contributed by atoms with van der Waals surface area (Å²) >= 11 is 6.28. The second-order valence-electron chi connectivity index (χ2n) is 7.14. The average Bonchev–Trinajstić information content (AvgIpc) is 2.59. The van der Waals surface area contributed by atoms with Gasteiger partial charge in [-0.15, -0.1) is 0 Å². The van der Waals surface area contributed by atoms with Crippen LogP contribution in [0.1, 0.15) is 52.7 Å². The fraction of sp³-hybridized carbons (Fsp3) is 0.706. The van der Waals surface area contributed by atoms with Crippen molar-refractivity contribution in [2.45, 2.75) is 59.5 Å². The summed E-state index contributed by atoms with van der Waals surface area (Å²) in [7, 11) is 0. The van der Waals surface area contributed by atoms with Crippen LogP contribution in [-0.2, 0) is 6.54 Å². The summed E-state index contributed by atoms with van der Waals surface area (Å²) in [5.41, 5.74) is 1.40. The third kappa shape index (κ3) is 4.86. The van der Waals surface area contributed by atoms with Gasteiger partial charge in [0.15, 0.2) is 0 Å². The first-order chi connectivity index (χ1) is 9.87. The standard InChI is InChI=1S/C17H28ClN3/c1-13(2)19-12-15-14(18)6-7-16(20-15)21-10-5-8-17(3,4)9-11-21/h6-7,13,19H,5,8-12H2,1-4H3. The number of hydrogen-bond donors (Lipinski definition) is 1. The summed E-state index contributed by atoms with van der Waals surface area (Å²) in [6.07, 6.45) is 3.74. The van der Waals surface area contributed by atoms with Gasteiger partial charge < -0.3 is 10.2 Å². The number of hydrogen-bond acceptors (Lipinski definition) is 3. The number of nitrogens with one attached hydrogen (secondary N) is 1. The molecule has 2 rings (SSSR count). The molecule has 0 atom stereocenters. The van der Waals surface area contributed by atoms with Gasteiger partial charge in [0.2, 0.25) is 0 Å².